The molecule has 0 saturated heterocycles. The highest BCUT2D eigenvalue weighted by atomic mass is 32.1. The Labute approximate surface area is 130 Å². The fourth-order valence-corrected chi connectivity index (χ4v) is 3.25. The van der Waals surface area contributed by atoms with Crippen LogP contribution in [0, 0.1) is 0 Å². The van der Waals surface area contributed by atoms with Gasteiger partial charge in [0, 0.05) is 42.2 Å². The van der Waals surface area contributed by atoms with Gasteiger partial charge in [0.25, 0.3) is 0 Å². The molecule has 0 unspecified atom stereocenters. The molecule has 0 radical (unpaired) electrons. The van der Waals surface area contributed by atoms with Crippen molar-refractivity contribution < 1.29 is 0 Å². The van der Waals surface area contributed by atoms with Gasteiger partial charge in [-0.25, -0.2) is 4.98 Å². The van der Waals surface area contributed by atoms with E-state index in [9.17, 15) is 0 Å². The number of pyridine rings is 1. The molecule has 1 N–H and O–H groups in total. The molecule has 2 aromatic rings. The second-order valence-corrected chi connectivity index (χ2v) is 7.85. The third-order valence-corrected chi connectivity index (χ3v) is 4.55. The third-order valence-electron chi connectivity index (χ3n) is 3.70. The zero-order valence-corrected chi connectivity index (χ0v) is 13.8. The van der Waals surface area contributed by atoms with E-state index in [1.54, 1.807) is 11.3 Å². The molecule has 0 aliphatic heterocycles. The van der Waals surface area contributed by atoms with Crippen LogP contribution in [0.1, 0.15) is 55.4 Å². The van der Waals surface area contributed by atoms with Crippen molar-refractivity contribution in [3.8, 4) is 0 Å². The Balaban J connectivity index is 1.66. The first-order valence-electron chi connectivity index (χ1n) is 7.62. The van der Waals surface area contributed by atoms with Crippen LogP contribution < -0.4 is 5.32 Å². The highest BCUT2D eigenvalue weighted by molar-refractivity contribution is 7.09. The summed E-state index contributed by atoms with van der Waals surface area (Å²) in [6, 6.07) is 2.99. The van der Waals surface area contributed by atoms with Gasteiger partial charge in [-0.3, -0.25) is 4.98 Å². The number of aromatic nitrogens is 2. The quantitative estimate of drug-likeness (QED) is 0.915. The molecule has 1 saturated carbocycles. The Morgan fingerprint density at radius 3 is 2.67 bits per heavy atom. The molecule has 3 rings (SSSR count). The minimum atomic E-state index is 0.128. The van der Waals surface area contributed by atoms with Crippen molar-refractivity contribution in [2.24, 2.45) is 0 Å². The van der Waals surface area contributed by atoms with Crippen molar-refractivity contribution in [1.29, 1.82) is 0 Å². The fraction of sp³-hybridized carbons (Fsp3) is 0.529. The molecule has 21 heavy (non-hydrogen) atoms. The van der Waals surface area contributed by atoms with E-state index in [-0.39, 0.29) is 5.41 Å². The van der Waals surface area contributed by atoms with E-state index in [1.807, 2.05) is 12.4 Å². The van der Waals surface area contributed by atoms with Crippen LogP contribution in [0.15, 0.2) is 23.8 Å². The largest absolute Gasteiger partial charge is 0.310 e. The normalized spacial score (nSPS) is 15.4. The maximum Gasteiger partial charge on any atom is 0.0973 e. The van der Waals surface area contributed by atoms with Crippen LogP contribution in [0.4, 0.5) is 0 Å². The van der Waals surface area contributed by atoms with E-state index in [0.29, 0.717) is 0 Å². The average Bonchev–Trinajstić information content (AvgIpc) is 3.14. The van der Waals surface area contributed by atoms with Crippen molar-refractivity contribution in [2.45, 2.75) is 58.0 Å². The first kappa shape index (κ1) is 14.7. The highest BCUT2D eigenvalue weighted by Crippen LogP contribution is 2.25. The topological polar surface area (TPSA) is 37.8 Å². The molecule has 3 nitrogen and oxygen atoms in total. The van der Waals surface area contributed by atoms with Crippen LogP contribution in [0.3, 0.4) is 0 Å². The molecule has 1 fully saturated rings. The average molecular weight is 301 g/mol. The summed E-state index contributed by atoms with van der Waals surface area (Å²) in [6.45, 7) is 7.54. The zero-order valence-electron chi connectivity index (χ0n) is 13.0. The Hall–Kier alpha value is -1.26. The molecule has 2 heterocycles. The predicted octanol–water partition coefficient (Wildman–Crippen LogP) is 3.68. The maximum absolute atomic E-state index is 4.77. The van der Waals surface area contributed by atoms with E-state index in [1.165, 1.54) is 34.7 Å². The lowest BCUT2D eigenvalue weighted by molar-refractivity contribution is 0.571. The summed E-state index contributed by atoms with van der Waals surface area (Å²) < 4.78 is 0. The Morgan fingerprint density at radius 2 is 2.00 bits per heavy atom. The van der Waals surface area contributed by atoms with Crippen molar-refractivity contribution in [1.82, 2.24) is 15.3 Å². The van der Waals surface area contributed by atoms with E-state index >= 15 is 0 Å². The van der Waals surface area contributed by atoms with Gasteiger partial charge in [0.15, 0.2) is 0 Å². The van der Waals surface area contributed by atoms with Gasteiger partial charge in [-0.2, -0.15) is 0 Å². The number of hydrogen-bond donors (Lipinski definition) is 1. The molecular weight excluding hydrogens is 278 g/mol. The van der Waals surface area contributed by atoms with E-state index in [0.717, 1.165) is 19.0 Å². The molecular formula is C17H23N3S. The lowest BCUT2D eigenvalue weighted by Crippen LogP contribution is -2.15. The first-order valence-corrected chi connectivity index (χ1v) is 8.50. The Morgan fingerprint density at radius 1 is 1.24 bits per heavy atom. The van der Waals surface area contributed by atoms with Crippen LogP contribution in [-0.4, -0.2) is 16.0 Å². The van der Waals surface area contributed by atoms with Crippen LogP contribution >= 0.6 is 11.3 Å². The molecule has 0 aromatic carbocycles. The minimum absolute atomic E-state index is 0.128. The molecule has 0 spiro atoms. The summed E-state index contributed by atoms with van der Waals surface area (Å²) >= 11 is 1.75. The number of thiazole rings is 1. The van der Waals surface area contributed by atoms with Crippen molar-refractivity contribution in [2.75, 3.05) is 0 Å². The molecule has 4 heteroatoms. The zero-order chi connectivity index (χ0) is 14.9. The summed E-state index contributed by atoms with van der Waals surface area (Å²) in [7, 11) is 0. The fourth-order valence-electron chi connectivity index (χ4n) is 2.20. The maximum atomic E-state index is 4.77. The highest BCUT2D eigenvalue weighted by Gasteiger charge is 2.20. The lowest BCUT2D eigenvalue weighted by Gasteiger charge is -2.14. The van der Waals surface area contributed by atoms with Gasteiger partial charge >= 0.3 is 0 Å². The van der Waals surface area contributed by atoms with Crippen molar-refractivity contribution in [3.05, 3.63) is 45.7 Å². The molecule has 0 atom stereocenters. The summed E-state index contributed by atoms with van der Waals surface area (Å²) in [4.78, 5) is 9.14. The SMILES string of the molecule is CC(C)(C)c1csc(Cc2cncc(CNC3CC3)c2)n1. The van der Waals surface area contributed by atoms with Crippen molar-refractivity contribution >= 4 is 11.3 Å². The summed E-state index contributed by atoms with van der Waals surface area (Å²) in [5.74, 6) is 0. The van der Waals surface area contributed by atoms with Gasteiger partial charge in [-0.15, -0.1) is 11.3 Å². The summed E-state index contributed by atoms with van der Waals surface area (Å²) in [5.41, 5.74) is 3.83. The van der Waals surface area contributed by atoms with Gasteiger partial charge < -0.3 is 5.32 Å². The van der Waals surface area contributed by atoms with Crippen LogP contribution in [0.2, 0.25) is 0 Å². The van der Waals surface area contributed by atoms with Gasteiger partial charge in [-0.05, 0) is 24.0 Å². The standard InChI is InChI=1S/C17H23N3S/c1-17(2,3)15-11-21-16(20-15)7-12-6-13(9-18-8-12)10-19-14-4-5-14/h6,8-9,11,14,19H,4-5,7,10H2,1-3H3. The minimum Gasteiger partial charge on any atom is -0.310 e. The number of nitrogens with zero attached hydrogens (tertiary/aromatic N) is 2. The van der Waals surface area contributed by atoms with Gasteiger partial charge in [0.05, 0.1) is 10.7 Å². The predicted molar refractivity (Wildman–Crippen MR) is 87.7 cm³/mol. The molecule has 1 aliphatic carbocycles. The van der Waals surface area contributed by atoms with Crippen LogP contribution in [0.5, 0.6) is 0 Å². The van der Waals surface area contributed by atoms with E-state index in [2.05, 4.69) is 42.5 Å². The van der Waals surface area contributed by atoms with Crippen LogP contribution in [-0.2, 0) is 18.4 Å². The molecule has 2 aromatic heterocycles. The monoisotopic (exact) mass is 301 g/mol. The van der Waals surface area contributed by atoms with Crippen LogP contribution in [0.25, 0.3) is 0 Å². The summed E-state index contributed by atoms with van der Waals surface area (Å²) in [6.07, 6.45) is 7.44. The Kier molecular flexibility index (Phi) is 4.09. The molecule has 0 amide bonds. The second-order valence-electron chi connectivity index (χ2n) is 6.91. The smallest absolute Gasteiger partial charge is 0.0973 e. The first-order chi connectivity index (χ1) is 10.0. The molecule has 1 aliphatic rings. The van der Waals surface area contributed by atoms with Gasteiger partial charge in [0.1, 0.15) is 0 Å². The lowest BCUT2D eigenvalue weighted by atomic mass is 9.93. The second kappa shape index (κ2) is 5.85. The summed E-state index contributed by atoms with van der Waals surface area (Å²) in [5, 5.41) is 6.89. The number of nitrogens with one attached hydrogen (secondary N) is 1. The molecule has 0 bridgehead atoms. The van der Waals surface area contributed by atoms with Crippen molar-refractivity contribution in [3.63, 3.8) is 0 Å². The number of hydrogen-bond acceptors (Lipinski definition) is 4. The third kappa shape index (κ3) is 4.11. The van der Waals surface area contributed by atoms with Gasteiger partial charge in [0.2, 0.25) is 0 Å². The van der Waals surface area contributed by atoms with E-state index < -0.39 is 0 Å². The van der Waals surface area contributed by atoms with E-state index in [4.69, 9.17) is 4.98 Å². The van der Waals surface area contributed by atoms with Gasteiger partial charge in [-0.1, -0.05) is 26.8 Å². The Bertz CT molecular complexity index is 608. The molecule has 112 valence electrons. The number of rotatable bonds is 5.